The van der Waals surface area contributed by atoms with Gasteiger partial charge in [0.15, 0.2) is 0 Å². The first-order chi connectivity index (χ1) is 7.38. The molecule has 6 nitrogen and oxygen atoms in total. The number of rotatable bonds is 4. The van der Waals surface area contributed by atoms with Crippen LogP contribution in [-0.4, -0.2) is 30.8 Å². The van der Waals surface area contributed by atoms with Crippen molar-refractivity contribution in [3.63, 3.8) is 0 Å². The third-order valence-corrected chi connectivity index (χ3v) is 1.34. The van der Waals surface area contributed by atoms with Gasteiger partial charge in [0.05, 0.1) is 6.61 Å². The van der Waals surface area contributed by atoms with Crippen LogP contribution in [0.2, 0.25) is 0 Å². The first-order valence-corrected chi connectivity index (χ1v) is 4.62. The molecule has 1 unspecified atom stereocenters. The van der Waals surface area contributed by atoms with Crippen LogP contribution >= 0.6 is 0 Å². The molecule has 1 atom stereocenters. The van der Waals surface area contributed by atoms with Crippen LogP contribution in [0.5, 0.6) is 0 Å². The number of hydrogen-bond donors (Lipinski definition) is 0. The molecule has 0 heterocycles. The van der Waals surface area contributed by atoms with Crippen LogP contribution in [0.25, 0.3) is 0 Å². The first kappa shape index (κ1) is 14.2. The van der Waals surface area contributed by atoms with Crippen molar-refractivity contribution in [1.82, 2.24) is 0 Å². The van der Waals surface area contributed by atoms with E-state index in [0.29, 0.717) is 0 Å². The topological polar surface area (TPSA) is 78.9 Å². The average molecular weight is 230 g/mol. The highest BCUT2D eigenvalue weighted by Gasteiger charge is 2.21. The molecule has 0 aliphatic rings. The fourth-order valence-electron chi connectivity index (χ4n) is 0.664. The lowest BCUT2D eigenvalue weighted by atomic mass is 10.4. The quantitative estimate of drug-likeness (QED) is 0.304. The minimum Gasteiger partial charge on any atom is -0.458 e. The number of hydrogen-bond acceptors (Lipinski definition) is 6. The molecule has 0 spiro atoms. The van der Waals surface area contributed by atoms with Crippen LogP contribution in [0.4, 0.5) is 0 Å². The molecule has 0 aromatic heterocycles. The lowest BCUT2D eigenvalue weighted by Gasteiger charge is -2.13. The normalized spacial score (nSPS) is 11.2. The summed E-state index contributed by atoms with van der Waals surface area (Å²) in [6.45, 7) is 7.71. The number of esters is 3. The van der Waals surface area contributed by atoms with Gasteiger partial charge < -0.3 is 14.2 Å². The Morgan fingerprint density at radius 2 is 1.62 bits per heavy atom. The average Bonchev–Trinajstić information content (AvgIpc) is 2.17. The summed E-state index contributed by atoms with van der Waals surface area (Å²) in [5, 5.41) is 0. The van der Waals surface area contributed by atoms with Crippen molar-refractivity contribution in [3.8, 4) is 0 Å². The molecule has 90 valence electrons. The van der Waals surface area contributed by atoms with Crippen LogP contribution in [0.1, 0.15) is 20.8 Å². The summed E-state index contributed by atoms with van der Waals surface area (Å²) in [5.41, 5.74) is 0.166. The predicted molar refractivity (Wildman–Crippen MR) is 53.1 cm³/mol. The fourth-order valence-corrected chi connectivity index (χ4v) is 0.664. The number of ether oxygens (including phenoxy) is 3. The zero-order valence-corrected chi connectivity index (χ0v) is 9.44. The lowest BCUT2D eigenvalue weighted by Crippen LogP contribution is -2.27. The summed E-state index contributed by atoms with van der Waals surface area (Å²) >= 11 is 0. The number of carbonyl (C=O) groups excluding carboxylic acids is 3. The highest BCUT2D eigenvalue weighted by molar-refractivity contribution is 6.29. The second-order valence-corrected chi connectivity index (χ2v) is 2.88. The third-order valence-electron chi connectivity index (χ3n) is 1.34. The van der Waals surface area contributed by atoms with Crippen molar-refractivity contribution in [1.29, 1.82) is 0 Å². The fraction of sp³-hybridized carbons (Fsp3) is 0.500. The summed E-state index contributed by atoms with van der Waals surface area (Å²) in [6, 6.07) is 0. The highest BCUT2D eigenvalue weighted by atomic mass is 16.7. The van der Waals surface area contributed by atoms with Crippen molar-refractivity contribution in [2.75, 3.05) is 6.61 Å². The molecule has 0 aromatic rings. The Morgan fingerprint density at radius 3 is 2.06 bits per heavy atom. The Morgan fingerprint density at radius 1 is 1.12 bits per heavy atom. The van der Waals surface area contributed by atoms with Gasteiger partial charge in [0.1, 0.15) is 0 Å². The summed E-state index contributed by atoms with van der Waals surface area (Å²) < 4.78 is 13.5. The van der Waals surface area contributed by atoms with E-state index in [1.54, 1.807) is 6.92 Å². The van der Waals surface area contributed by atoms with Crippen LogP contribution in [-0.2, 0) is 28.6 Å². The molecule has 0 N–H and O–H groups in total. The van der Waals surface area contributed by atoms with Crippen molar-refractivity contribution in [3.05, 3.63) is 12.2 Å². The Kier molecular flexibility index (Phi) is 5.84. The van der Waals surface area contributed by atoms with E-state index in [1.165, 1.54) is 13.8 Å². The van der Waals surface area contributed by atoms with E-state index in [4.69, 9.17) is 0 Å². The maximum atomic E-state index is 11.0. The third kappa shape index (κ3) is 5.14. The van der Waals surface area contributed by atoms with E-state index in [9.17, 15) is 14.4 Å². The lowest BCUT2D eigenvalue weighted by molar-refractivity contribution is -0.190. The monoisotopic (exact) mass is 230 g/mol. The van der Waals surface area contributed by atoms with E-state index in [0.717, 1.165) is 0 Å². The highest BCUT2D eigenvalue weighted by Crippen LogP contribution is 2.00. The largest absolute Gasteiger partial charge is 0.458 e. The molecule has 0 rings (SSSR count). The van der Waals surface area contributed by atoms with E-state index in [-0.39, 0.29) is 12.2 Å². The van der Waals surface area contributed by atoms with Gasteiger partial charge in [-0.25, -0.2) is 14.4 Å². The minimum atomic E-state index is -1.20. The Hall–Kier alpha value is -1.85. The zero-order valence-electron chi connectivity index (χ0n) is 9.44. The predicted octanol–water partition coefficient (Wildman–Crippen LogP) is 0.558. The van der Waals surface area contributed by atoms with Gasteiger partial charge in [-0.05, 0) is 13.8 Å². The molecule has 0 amide bonds. The van der Waals surface area contributed by atoms with Gasteiger partial charge >= 0.3 is 17.9 Å². The SMILES string of the molecule is C=C(C)C(=O)OC(C)OC(=O)C(=O)OCC. The van der Waals surface area contributed by atoms with E-state index < -0.39 is 24.2 Å². The van der Waals surface area contributed by atoms with Gasteiger partial charge in [0.2, 0.25) is 6.29 Å². The Bertz CT molecular complexity index is 306. The second kappa shape index (κ2) is 6.60. The van der Waals surface area contributed by atoms with E-state index >= 15 is 0 Å². The smallest absolute Gasteiger partial charge is 0.420 e. The van der Waals surface area contributed by atoms with Gasteiger partial charge in [-0.2, -0.15) is 0 Å². The summed E-state index contributed by atoms with van der Waals surface area (Å²) in [6.07, 6.45) is -1.17. The van der Waals surface area contributed by atoms with Crippen molar-refractivity contribution < 1.29 is 28.6 Å². The molecule has 0 fully saturated rings. The van der Waals surface area contributed by atoms with Gasteiger partial charge in [-0.15, -0.1) is 0 Å². The van der Waals surface area contributed by atoms with Crippen LogP contribution in [0, 0.1) is 0 Å². The first-order valence-electron chi connectivity index (χ1n) is 4.62. The minimum absolute atomic E-state index is 0.0634. The van der Waals surface area contributed by atoms with Crippen molar-refractivity contribution >= 4 is 17.9 Å². The molecule has 0 saturated heterocycles. The molecule has 0 saturated carbocycles. The molecule has 6 heteroatoms. The summed E-state index contributed by atoms with van der Waals surface area (Å²) in [5.74, 6) is -3.03. The molecular weight excluding hydrogens is 216 g/mol. The maximum Gasteiger partial charge on any atom is 0.420 e. The standard InChI is InChI=1S/C10H14O6/c1-5-14-9(12)10(13)16-7(4)15-8(11)6(2)3/h7H,2,5H2,1,3-4H3. The maximum absolute atomic E-state index is 11.0. The van der Waals surface area contributed by atoms with E-state index in [2.05, 4.69) is 20.8 Å². The van der Waals surface area contributed by atoms with E-state index in [1.807, 2.05) is 0 Å². The van der Waals surface area contributed by atoms with Gasteiger partial charge in [-0.3, -0.25) is 0 Å². The molecule has 0 aliphatic heterocycles. The van der Waals surface area contributed by atoms with Crippen LogP contribution in [0.15, 0.2) is 12.2 Å². The van der Waals surface area contributed by atoms with Gasteiger partial charge in [0.25, 0.3) is 0 Å². The Balaban J connectivity index is 4.10. The molecule has 0 aliphatic carbocycles. The van der Waals surface area contributed by atoms with Crippen LogP contribution < -0.4 is 0 Å². The molecule has 0 radical (unpaired) electrons. The molecule has 16 heavy (non-hydrogen) atoms. The summed E-state index contributed by atoms with van der Waals surface area (Å²) in [4.78, 5) is 32.8. The van der Waals surface area contributed by atoms with Crippen molar-refractivity contribution in [2.45, 2.75) is 27.1 Å². The van der Waals surface area contributed by atoms with Crippen LogP contribution in [0.3, 0.4) is 0 Å². The van der Waals surface area contributed by atoms with Gasteiger partial charge in [-0.1, -0.05) is 6.58 Å². The van der Waals surface area contributed by atoms with Crippen molar-refractivity contribution in [2.24, 2.45) is 0 Å². The Labute approximate surface area is 93.2 Å². The molecule has 0 bridgehead atoms. The number of carbonyl (C=O) groups is 3. The summed E-state index contributed by atoms with van der Waals surface area (Å²) in [7, 11) is 0. The second-order valence-electron chi connectivity index (χ2n) is 2.88. The molecule has 0 aromatic carbocycles. The van der Waals surface area contributed by atoms with Gasteiger partial charge in [0, 0.05) is 12.5 Å². The molecular formula is C10H14O6. The zero-order chi connectivity index (χ0) is 12.7.